The Labute approximate surface area is 256 Å². The van der Waals surface area contributed by atoms with Crippen LogP contribution in [-0.4, -0.2) is 53.8 Å². The quantitative estimate of drug-likeness (QED) is 0.359. The molecule has 212 valence electrons. The fourth-order valence-electron chi connectivity index (χ4n) is 5.35. The van der Waals surface area contributed by atoms with Crippen LogP contribution in [-0.2, 0) is 16.0 Å². The first-order chi connectivity index (χ1) is 18.8. The molecule has 0 bridgehead atoms. The van der Waals surface area contributed by atoms with Crippen molar-refractivity contribution in [1.82, 2.24) is 10.2 Å². The number of carbonyl (C=O) groups excluding carboxylic acids is 3. The number of aryl methyl sites for hydroxylation is 1. The number of rotatable bonds is 14. The van der Waals surface area contributed by atoms with E-state index < -0.39 is 17.9 Å². The van der Waals surface area contributed by atoms with E-state index >= 15 is 0 Å². The van der Waals surface area contributed by atoms with E-state index in [1.807, 2.05) is 54.5 Å². The van der Waals surface area contributed by atoms with E-state index in [0.717, 1.165) is 42.6 Å². The van der Waals surface area contributed by atoms with Crippen molar-refractivity contribution >= 4 is 29.5 Å². The maximum absolute atomic E-state index is 13.5. The van der Waals surface area contributed by atoms with Crippen LogP contribution in [0.2, 0.25) is 0 Å². The number of benzene rings is 2. The summed E-state index contributed by atoms with van der Waals surface area (Å²) in [4.78, 5) is 40.6. The van der Waals surface area contributed by atoms with Gasteiger partial charge in [-0.2, -0.15) is 11.8 Å². The maximum atomic E-state index is 13.5. The summed E-state index contributed by atoms with van der Waals surface area (Å²) in [6, 6.07) is 12.2. The van der Waals surface area contributed by atoms with Crippen LogP contribution in [0.4, 0.5) is 0 Å². The molecule has 1 N–H and O–H groups in total. The number of carboxylic acid groups (broad SMARTS) is 1. The van der Waals surface area contributed by atoms with Crippen molar-refractivity contribution in [2.24, 2.45) is 5.92 Å². The third kappa shape index (κ3) is 10.0. The third-order valence-corrected chi connectivity index (χ3v) is 8.30. The number of carboxylic acids is 1. The van der Waals surface area contributed by atoms with Gasteiger partial charge in [0.1, 0.15) is 0 Å². The molecule has 3 rings (SSSR count). The van der Waals surface area contributed by atoms with Gasteiger partial charge in [-0.3, -0.25) is 9.59 Å². The zero-order valence-corrected chi connectivity index (χ0v) is 25.5. The molecule has 1 fully saturated rings. The van der Waals surface area contributed by atoms with Gasteiger partial charge >= 0.3 is 18.9 Å². The summed E-state index contributed by atoms with van der Waals surface area (Å²) in [6.45, 7) is 5.73. The van der Waals surface area contributed by atoms with Crippen molar-refractivity contribution in [3.8, 4) is 11.1 Å². The van der Waals surface area contributed by atoms with Crippen LogP contribution in [0, 0.1) is 12.8 Å². The predicted octanol–water partition coefficient (Wildman–Crippen LogP) is 2.02. The molecule has 1 aliphatic rings. The van der Waals surface area contributed by atoms with Crippen LogP contribution in [0.1, 0.15) is 79.8 Å². The molecule has 0 heterocycles. The number of amides is 2. The Kier molecular flexibility index (Phi) is 14.9. The van der Waals surface area contributed by atoms with E-state index in [0.29, 0.717) is 22.8 Å². The number of nitrogens with zero attached hydrogens (tertiary/aromatic N) is 1. The van der Waals surface area contributed by atoms with Gasteiger partial charge in [0.25, 0.3) is 5.91 Å². The molecule has 8 heteroatoms. The number of nitrogens with one attached hydrogen (secondary N) is 1. The van der Waals surface area contributed by atoms with Gasteiger partial charge in [-0.15, -0.1) is 0 Å². The molecule has 1 aliphatic carbocycles. The van der Waals surface area contributed by atoms with Crippen LogP contribution in [0.5, 0.6) is 0 Å². The Morgan fingerprint density at radius 1 is 1.07 bits per heavy atom. The van der Waals surface area contributed by atoms with Crippen molar-refractivity contribution in [1.29, 1.82) is 0 Å². The van der Waals surface area contributed by atoms with Crippen molar-refractivity contribution in [3.63, 3.8) is 0 Å². The van der Waals surface area contributed by atoms with Crippen LogP contribution in [0.15, 0.2) is 42.5 Å². The van der Waals surface area contributed by atoms with Crippen molar-refractivity contribution in [2.45, 2.75) is 77.7 Å². The summed E-state index contributed by atoms with van der Waals surface area (Å²) in [5.41, 5.74) is 3.82. The molecule has 1 atom stereocenters. The molecule has 1 unspecified atom stereocenters. The largest absolute Gasteiger partial charge is 1.00 e. The minimum atomic E-state index is -1.29. The molecule has 2 amide bonds. The molecule has 0 radical (unpaired) electrons. The van der Waals surface area contributed by atoms with E-state index in [9.17, 15) is 19.5 Å². The van der Waals surface area contributed by atoms with Gasteiger partial charge in [-0.25, -0.2) is 0 Å². The number of carbonyl (C=O) groups is 3. The second kappa shape index (κ2) is 17.6. The molecule has 1 saturated carbocycles. The number of aliphatic carboxylic acids is 1. The minimum absolute atomic E-state index is 0. The van der Waals surface area contributed by atoms with Gasteiger partial charge in [-0.1, -0.05) is 62.9 Å². The van der Waals surface area contributed by atoms with Crippen LogP contribution in [0.25, 0.3) is 11.1 Å². The zero-order valence-electron chi connectivity index (χ0n) is 24.7. The molecule has 6 nitrogen and oxygen atoms in total. The molecule has 0 spiro atoms. The van der Waals surface area contributed by atoms with Crippen molar-refractivity contribution < 1.29 is 38.4 Å². The van der Waals surface area contributed by atoms with E-state index in [2.05, 4.69) is 12.2 Å². The number of unbranched alkanes of at least 4 members (excludes halogenated alkanes) is 1. The number of hydrogen-bond donors (Lipinski definition) is 1. The normalized spacial score (nSPS) is 14.2. The third-order valence-electron chi connectivity index (χ3n) is 7.66. The SMILES string of the molecule is CCCCN(CC1CCCCC1)C(=O)Cc1ccc(C(=O)NC(CCSC)C(=O)[O-])c(-c2ccccc2C)c1.[Li+]. The zero-order chi connectivity index (χ0) is 28.2. The molecule has 0 aromatic heterocycles. The smallest absolute Gasteiger partial charge is 0.548 e. The van der Waals surface area contributed by atoms with Gasteiger partial charge < -0.3 is 20.1 Å². The monoisotopic (exact) mass is 558 g/mol. The fraction of sp³-hybridized carbons (Fsp3) is 0.531. The first-order valence-electron chi connectivity index (χ1n) is 14.3. The Hall–Kier alpha value is -2.20. The van der Waals surface area contributed by atoms with Gasteiger partial charge in [0, 0.05) is 18.7 Å². The van der Waals surface area contributed by atoms with E-state index in [4.69, 9.17) is 0 Å². The van der Waals surface area contributed by atoms with Gasteiger partial charge in [0.2, 0.25) is 5.91 Å². The Morgan fingerprint density at radius 2 is 1.80 bits per heavy atom. The summed E-state index contributed by atoms with van der Waals surface area (Å²) in [6.07, 6.45) is 10.7. The van der Waals surface area contributed by atoms with Gasteiger partial charge in [-0.05, 0) is 84.9 Å². The Bertz CT molecular complexity index is 1120. The summed E-state index contributed by atoms with van der Waals surface area (Å²) >= 11 is 1.52. The molecule has 2 aromatic carbocycles. The molecular formula is C32H43LiN2O4S. The van der Waals surface area contributed by atoms with Crippen molar-refractivity contribution in [2.75, 3.05) is 25.1 Å². The van der Waals surface area contributed by atoms with E-state index in [1.54, 1.807) is 6.07 Å². The average molecular weight is 559 g/mol. The van der Waals surface area contributed by atoms with Crippen LogP contribution < -0.4 is 29.3 Å². The van der Waals surface area contributed by atoms with Gasteiger partial charge in [0.05, 0.1) is 18.4 Å². The summed E-state index contributed by atoms with van der Waals surface area (Å²) in [7, 11) is 0. The molecule has 2 aromatic rings. The Balaban J connectivity index is 0.00000560. The molecule has 0 aliphatic heterocycles. The average Bonchev–Trinajstić information content (AvgIpc) is 2.93. The Morgan fingerprint density at radius 3 is 2.45 bits per heavy atom. The van der Waals surface area contributed by atoms with Crippen LogP contribution >= 0.6 is 11.8 Å². The second-order valence-corrected chi connectivity index (χ2v) is 11.7. The topological polar surface area (TPSA) is 89.5 Å². The van der Waals surface area contributed by atoms with Gasteiger partial charge in [0.15, 0.2) is 0 Å². The predicted molar refractivity (Wildman–Crippen MR) is 158 cm³/mol. The summed E-state index contributed by atoms with van der Waals surface area (Å²) < 4.78 is 0. The number of thioether (sulfide) groups is 1. The fourth-order valence-corrected chi connectivity index (χ4v) is 5.82. The molecule has 40 heavy (non-hydrogen) atoms. The maximum Gasteiger partial charge on any atom is 1.00 e. The summed E-state index contributed by atoms with van der Waals surface area (Å²) in [5.74, 6) is -0.447. The molecular weight excluding hydrogens is 515 g/mol. The molecule has 0 saturated heterocycles. The first-order valence-corrected chi connectivity index (χ1v) is 15.7. The second-order valence-electron chi connectivity index (χ2n) is 10.7. The minimum Gasteiger partial charge on any atom is -0.548 e. The standard InChI is InChI=1S/C32H44N2O4S.Li/c1-4-5-18-34(22-24-12-7-6-8-13-24)30(35)21-25-15-16-27(28(20-25)26-14-10-9-11-23(26)2)31(36)33-29(32(37)38)17-19-39-3;/h9-11,14-16,20,24,29H,4-8,12-13,17-19,21-22H2,1-3H3,(H,33,36)(H,37,38);/q;+1/p-1. The van der Waals surface area contributed by atoms with Crippen molar-refractivity contribution in [3.05, 3.63) is 59.2 Å². The number of hydrogen-bond acceptors (Lipinski definition) is 5. The summed E-state index contributed by atoms with van der Waals surface area (Å²) in [5, 5.41) is 14.3. The van der Waals surface area contributed by atoms with E-state index in [1.165, 1.54) is 43.9 Å². The first kappa shape index (κ1) is 34.0. The van der Waals surface area contributed by atoms with E-state index in [-0.39, 0.29) is 37.6 Å². The van der Waals surface area contributed by atoms with Crippen LogP contribution in [0.3, 0.4) is 0 Å².